The molecule has 5 rings (SSSR count). The maximum absolute atomic E-state index is 12.6. The number of halogens is 1. The molecule has 3 aromatic carbocycles. The molecular formula is C30H31ClN2O3. The van der Waals surface area contributed by atoms with Crippen molar-refractivity contribution < 1.29 is 13.9 Å². The SMILES string of the molecule is CC(C)c1ccc2oc(-c3ccc(Cl)c(NC(=O)COc4ccc(C5CCCCC5)cc4)c3)nc2c1. The molecule has 1 saturated carbocycles. The molecule has 0 spiro atoms. The number of amides is 1. The number of nitrogens with one attached hydrogen (secondary N) is 1. The minimum Gasteiger partial charge on any atom is -0.484 e. The molecule has 0 atom stereocenters. The van der Waals surface area contributed by atoms with Crippen LogP contribution in [0, 0.1) is 0 Å². The van der Waals surface area contributed by atoms with Crippen LogP contribution in [0.15, 0.2) is 65.1 Å². The number of anilines is 1. The number of carbonyl (C=O) groups is 1. The summed E-state index contributed by atoms with van der Waals surface area (Å²) in [6.45, 7) is 4.18. The van der Waals surface area contributed by atoms with Crippen LogP contribution in [0.25, 0.3) is 22.6 Å². The molecule has 1 fully saturated rings. The van der Waals surface area contributed by atoms with Crippen molar-refractivity contribution in [2.45, 2.75) is 57.8 Å². The Balaban J connectivity index is 1.23. The topological polar surface area (TPSA) is 64.4 Å². The van der Waals surface area contributed by atoms with E-state index in [2.05, 4.69) is 42.3 Å². The lowest BCUT2D eigenvalue weighted by Crippen LogP contribution is -2.20. The van der Waals surface area contributed by atoms with E-state index in [1.807, 2.05) is 30.3 Å². The number of ether oxygens (including phenoxy) is 1. The summed E-state index contributed by atoms with van der Waals surface area (Å²) in [6.07, 6.45) is 6.46. The van der Waals surface area contributed by atoms with Crippen molar-refractivity contribution >= 4 is 34.3 Å². The molecule has 0 unspecified atom stereocenters. The third-order valence-electron chi connectivity index (χ3n) is 6.89. The second-order valence-electron chi connectivity index (χ2n) is 9.84. The van der Waals surface area contributed by atoms with Gasteiger partial charge in [-0.05, 0) is 78.3 Å². The van der Waals surface area contributed by atoms with Crippen LogP contribution in [0.5, 0.6) is 5.75 Å². The second kappa shape index (κ2) is 10.8. The van der Waals surface area contributed by atoms with Crippen LogP contribution in [0.4, 0.5) is 5.69 Å². The lowest BCUT2D eigenvalue weighted by molar-refractivity contribution is -0.118. The highest BCUT2D eigenvalue weighted by atomic mass is 35.5. The molecule has 186 valence electrons. The van der Waals surface area contributed by atoms with Crippen molar-refractivity contribution in [3.63, 3.8) is 0 Å². The van der Waals surface area contributed by atoms with Crippen molar-refractivity contribution in [1.82, 2.24) is 4.98 Å². The fourth-order valence-electron chi connectivity index (χ4n) is 4.79. The third kappa shape index (κ3) is 5.57. The second-order valence-corrected chi connectivity index (χ2v) is 10.2. The van der Waals surface area contributed by atoms with Crippen LogP contribution in [-0.4, -0.2) is 17.5 Å². The van der Waals surface area contributed by atoms with E-state index in [4.69, 9.17) is 20.8 Å². The zero-order valence-corrected chi connectivity index (χ0v) is 21.5. The molecule has 1 heterocycles. The highest BCUT2D eigenvalue weighted by Crippen LogP contribution is 2.34. The van der Waals surface area contributed by atoms with Gasteiger partial charge < -0.3 is 14.5 Å². The maximum atomic E-state index is 12.6. The quantitative estimate of drug-likeness (QED) is 0.276. The van der Waals surface area contributed by atoms with Crippen molar-refractivity contribution in [1.29, 1.82) is 0 Å². The van der Waals surface area contributed by atoms with Gasteiger partial charge >= 0.3 is 0 Å². The van der Waals surface area contributed by atoms with Gasteiger partial charge in [-0.1, -0.05) is 62.9 Å². The summed E-state index contributed by atoms with van der Waals surface area (Å²) in [7, 11) is 0. The summed E-state index contributed by atoms with van der Waals surface area (Å²) in [6, 6.07) is 19.5. The van der Waals surface area contributed by atoms with Crippen LogP contribution >= 0.6 is 11.6 Å². The van der Waals surface area contributed by atoms with Crippen LogP contribution in [0.1, 0.15) is 68.9 Å². The molecule has 1 aliphatic rings. The van der Waals surface area contributed by atoms with Gasteiger partial charge in [-0.3, -0.25) is 4.79 Å². The zero-order chi connectivity index (χ0) is 25.1. The van der Waals surface area contributed by atoms with Crippen LogP contribution < -0.4 is 10.1 Å². The summed E-state index contributed by atoms with van der Waals surface area (Å²) in [5, 5.41) is 3.28. The molecule has 1 N–H and O–H groups in total. The summed E-state index contributed by atoms with van der Waals surface area (Å²) in [5.74, 6) is 1.92. The monoisotopic (exact) mass is 502 g/mol. The van der Waals surface area contributed by atoms with E-state index in [-0.39, 0.29) is 12.5 Å². The molecule has 0 bridgehead atoms. The van der Waals surface area contributed by atoms with E-state index in [9.17, 15) is 4.79 Å². The molecule has 36 heavy (non-hydrogen) atoms. The molecule has 4 aromatic rings. The first-order valence-electron chi connectivity index (χ1n) is 12.7. The number of aromatic nitrogens is 1. The third-order valence-corrected chi connectivity index (χ3v) is 7.22. The van der Waals surface area contributed by atoms with Gasteiger partial charge in [0.05, 0.1) is 10.7 Å². The number of benzene rings is 3. The molecule has 0 aliphatic heterocycles. The van der Waals surface area contributed by atoms with E-state index in [0.717, 1.165) is 16.7 Å². The summed E-state index contributed by atoms with van der Waals surface area (Å²) < 4.78 is 11.7. The van der Waals surface area contributed by atoms with Gasteiger partial charge in [-0.2, -0.15) is 0 Å². The van der Waals surface area contributed by atoms with Crippen LogP contribution in [0.3, 0.4) is 0 Å². The van der Waals surface area contributed by atoms with Crippen molar-refractivity contribution in [3.8, 4) is 17.2 Å². The first-order valence-corrected chi connectivity index (χ1v) is 13.1. The van der Waals surface area contributed by atoms with Crippen molar-refractivity contribution in [3.05, 3.63) is 76.8 Å². The van der Waals surface area contributed by atoms with E-state index in [1.165, 1.54) is 43.2 Å². The lowest BCUT2D eigenvalue weighted by Gasteiger charge is -2.22. The molecule has 5 nitrogen and oxygen atoms in total. The van der Waals surface area contributed by atoms with Gasteiger partial charge in [-0.25, -0.2) is 4.98 Å². The molecule has 1 aliphatic carbocycles. The first-order chi connectivity index (χ1) is 17.5. The summed E-state index contributed by atoms with van der Waals surface area (Å²) in [4.78, 5) is 17.3. The Bertz CT molecular complexity index is 1350. The largest absolute Gasteiger partial charge is 0.484 e. The fraction of sp³-hybridized carbons (Fsp3) is 0.333. The minimum atomic E-state index is -0.287. The Morgan fingerprint density at radius 1 is 1.06 bits per heavy atom. The average molecular weight is 503 g/mol. The number of rotatable bonds is 7. The highest BCUT2D eigenvalue weighted by Gasteiger charge is 2.16. The smallest absolute Gasteiger partial charge is 0.262 e. The molecular weight excluding hydrogens is 472 g/mol. The molecule has 0 saturated heterocycles. The van der Waals surface area contributed by atoms with Gasteiger partial charge in [-0.15, -0.1) is 0 Å². The summed E-state index contributed by atoms with van der Waals surface area (Å²) in [5.41, 5.74) is 5.30. The number of nitrogens with zero attached hydrogens (tertiary/aromatic N) is 1. The fourth-order valence-corrected chi connectivity index (χ4v) is 4.95. The normalized spacial score (nSPS) is 14.3. The molecule has 1 aromatic heterocycles. The van der Waals surface area contributed by atoms with Gasteiger partial charge in [0.15, 0.2) is 12.2 Å². The zero-order valence-electron chi connectivity index (χ0n) is 20.7. The first kappa shape index (κ1) is 24.4. The minimum absolute atomic E-state index is 0.107. The predicted octanol–water partition coefficient (Wildman–Crippen LogP) is 8.34. The Morgan fingerprint density at radius 3 is 2.58 bits per heavy atom. The van der Waals surface area contributed by atoms with E-state index in [0.29, 0.717) is 34.2 Å². The van der Waals surface area contributed by atoms with Crippen LogP contribution in [-0.2, 0) is 4.79 Å². The van der Waals surface area contributed by atoms with E-state index < -0.39 is 0 Å². The number of oxazole rings is 1. The number of hydrogen-bond donors (Lipinski definition) is 1. The predicted molar refractivity (Wildman–Crippen MR) is 145 cm³/mol. The lowest BCUT2D eigenvalue weighted by atomic mass is 9.84. The van der Waals surface area contributed by atoms with Crippen LogP contribution in [0.2, 0.25) is 5.02 Å². The number of hydrogen-bond acceptors (Lipinski definition) is 4. The standard InChI is InChI=1S/C30H31ClN2O3/c1-19(2)22-11-15-28-27(16-22)33-30(36-28)23-10-14-25(31)26(17-23)32-29(34)18-35-24-12-8-21(9-13-24)20-6-4-3-5-7-20/h8-17,19-20H,3-7,18H2,1-2H3,(H,32,34). The summed E-state index contributed by atoms with van der Waals surface area (Å²) >= 11 is 6.36. The van der Waals surface area contributed by atoms with Gasteiger partial charge in [0.1, 0.15) is 11.3 Å². The Hall–Kier alpha value is -3.31. The van der Waals surface area contributed by atoms with Gasteiger partial charge in [0.2, 0.25) is 5.89 Å². The van der Waals surface area contributed by atoms with Crippen molar-refractivity contribution in [2.24, 2.45) is 0 Å². The van der Waals surface area contributed by atoms with Crippen molar-refractivity contribution in [2.75, 3.05) is 11.9 Å². The molecule has 0 radical (unpaired) electrons. The molecule has 6 heteroatoms. The Morgan fingerprint density at radius 2 is 1.83 bits per heavy atom. The highest BCUT2D eigenvalue weighted by molar-refractivity contribution is 6.33. The maximum Gasteiger partial charge on any atom is 0.262 e. The Kier molecular flexibility index (Phi) is 7.28. The molecule has 1 amide bonds. The van der Waals surface area contributed by atoms with E-state index >= 15 is 0 Å². The Labute approximate surface area is 216 Å². The number of carbonyl (C=O) groups excluding carboxylic acids is 1. The van der Waals surface area contributed by atoms with Gasteiger partial charge in [0, 0.05) is 5.56 Å². The number of fused-ring (bicyclic) bond motifs is 1. The van der Waals surface area contributed by atoms with E-state index in [1.54, 1.807) is 12.1 Å². The van der Waals surface area contributed by atoms with Gasteiger partial charge in [0.25, 0.3) is 5.91 Å². The average Bonchev–Trinajstić information content (AvgIpc) is 3.33.